The molecule has 4 nitrogen and oxygen atoms in total. The molecule has 0 aliphatic rings. The summed E-state index contributed by atoms with van der Waals surface area (Å²) < 4.78 is 18.3. The van der Waals surface area contributed by atoms with Crippen molar-refractivity contribution in [1.82, 2.24) is 10.3 Å². The van der Waals surface area contributed by atoms with Crippen LogP contribution in [0.3, 0.4) is 0 Å². The molecular formula is C16H19FN2O2. The Kier molecular flexibility index (Phi) is 5.25. The molecule has 2 unspecified atom stereocenters. The number of hydrogen-bond donors (Lipinski definition) is 2. The van der Waals surface area contributed by atoms with Crippen LogP contribution < -0.4 is 10.1 Å². The van der Waals surface area contributed by atoms with Gasteiger partial charge >= 0.3 is 0 Å². The Labute approximate surface area is 123 Å². The van der Waals surface area contributed by atoms with Crippen LogP contribution in [0.1, 0.15) is 30.2 Å². The minimum atomic E-state index is -0.613. The molecule has 2 N–H and O–H groups in total. The second-order valence-corrected chi connectivity index (χ2v) is 4.82. The number of pyridine rings is 1. The first-order valence-corrected chi connectivity index (χ1v) is 6.76. The van der Waals surface area contributed by atoms with Gasteiger partial charge in [0.2, 0.25) is 0 Å². The van der Waals surface area contributed by atoms with Gasteiger partial charge in [0.1, 0.15) is 0 Å². The largest absolute Gasteiger partial charge is 0.494 e. The third-order valence-corrected chi connectivity index (χ3v) is 3.38. The van der Waals surface area contributed by atoms with Gasteiger partial charge < -0.3 is 15.2 Å². The molecule has 0 amide bonds. The van der Waals surface area contributed by atoms with Crippen LogP contribution in [0.25, 0.3) is 0 Å². The van der Waals surface area contributed by atoms with Crippen molar-refractivity contribution >= 4 is 0 Å². The first kappa shape index (κ1) is 15.4. The fraction of sp³-hybridized carbons (Fsp3) is 0.312. The summed E-state index contributed by atoms with van der Waals surface area (Å²) in [5, 5.41) is 13.3. The summed E-state index contributed by atoms with van der Waals surface area (Å²) in [6.45, 7) is 2.34. The molecule has 0 saturated carbocycles. The van der Waals surface area contributed by atoms with Crippen LogP contribution in [-0.4, -0.2) is 23.7 Å². The summed E-state index contributed by atoms with van der Waals surface area (Å²) in [6.07, 6.45) is 2.68. The van der Waals surface area contributed by atoms with Crippen LogP contribution >= 0.6 is 0 Å². The van der Waals surface area contributed by atoms with E-state index in [1.54, 1.807) is 36.7 Å². The third kappa shape index (κ3) is 4.00. The maximum absolute atomic E-state index is 13.4. The molecule has 0 spiro atoms. The highest BCUT2D eigenvalue weighted by molar-refractivity contribution is 5.32. The van der Waals surface area contributed by atoms with Crippen molar-refractivity contribution in [3.05, 3.63) is 59.7 Å². The molecule has 0 radical (unpaired) electrons. The molecule has 0 saturated heterocycles. The quantitative estimate of drug-likeness (QED) is 0.858. The number of methoxy groups -OCH3 is 1. The van der Waals surface area contributed by atoms with Gasteiger partial charge in [0, 0.05) is 25.0 Å². The average Bonchev–Trinajstić information content (AvgIpc) is 2.53. The topological polar surface area (TPSA) is 54.4 Å². The van der Waals surface area contributed by atoms with Gasteiger partial charge in [0.25, 0.3) is 0 Å². The molecule has 1 heterocycles. The van der Waals surface area contributed by atoms with E-state index in [-0.39, 0.29) is 17.6 Å². The van der Waals surface area contributed by atoms with Gasteiger partial charge in [-0.25, -0.2) is 4.39 Å². The highest BCUT2D eigenvalue weighted by Gasteiger charge is 2.12. The highest BCUT2D eigenvalue weighted by atomic mass is 19.1. The minimum absolute atomic E-state index is 0.0315. The van der Waals surface area contributed by atoms with E-state index in [1.165, 1.54) is 13.2 Å². The molecule has 0 aliphatic carbocycles. The van der Waals surface area contributed by atoms with E-state index in [0.29, 0.717) is 6.54 Å². The Hall–Kier alpha value is -1.98. The molecule has 2 atom stereocenters. The molecule has 0 aliphatic heterocycles. The van der Waals surface area contributed by atoms with Gasteiger partial charge in [-0.15, -0.1) is 0 Å². The lowest BCUT2D eigenvalue weighted by Gasteiger charge is -2.18. The molecular weight excluding hydrogens is 271 g/mol. The number of nitrogens with one attached hydrogen (secondary N) is 1. The molecule has 0 bridgehead atoms. The monoisotopic (exact) mass is 290 g/mol. The van der Waals surface area contributed by atoms with Gasteiger partial charge in [0.05, 0.1) is 13.2 Å². The number of aliphatic hydroxyl groups excluding tert-OH is 1. The zero-order chi connectivity index (χ0) is 15.2. The van der Waals surface area contributed by atoms with E-state index < -0.39 is 6.10 Å². The predicted octanol–water partition coefficient (Wildman–Crippen LogP) is 2.61. The van der Waals surface area contributed by atoms with Crippen LogP contribution in [-0.2, 0) is 0 Å². The number of rotatable bonds is 6. The third-order valence-electron chi connectivity index (χ3n) is 3.38. The standard InChI is InChI=1S/C16H19FN2O2/c1-11(13-3-4-14(17)16(9-13)21-2)19-10-15(20)12-5-7-18-8-6-12/h3-9,11,15,19-20H,10H2,1-2H3. The summed E-state index contributed by atoms with van der Waals surface area (Å²) >= 11 is 0. The Morgan fingerprint density at radius 3 is 2.62 bits per heavy atom. The van der Waals surface area contributed by atoms with Gasteiger partial charge in [-0.1, -0.05) is 6.07 Å². The van der Waals surface area contributed by atoms with Crippen molar-refractivity contribution in [3.8, 4) is 5.75 Å². The van der Waals surface area contributed by atoms with Crippen LogP contribution in [0.2, 0.25) is 0 Å². The van der Waals surface area contributed by atoms with E-state index in [1.807, 2.05) is 6.92 Å². The Morgan fingerprint density at radius 2 is 1.95 bits per heavy atom. The van der Waals surface area contributed by atoms with E-state index >= 15 is 0 Å². The van der Waals surface area contributed by atoms with Crippen LogP contribution in [0.4, 0.5) is 4.39 Å². The van der Waals surface area contributed by atoms with Crippen LogP contribution in [0.5, 0.6) is 5.75 Å². The summed E-state index contributed by atoms with van der Waals surface area (Å²) in [4.78, 5) is 3.92. The fourth-order valence-corrected chi connectivity index (χ4v) is 2.06. The summed E-state index contributed by atoms with van der Waals surface area (Å²) in [5.41, 5.74) is 1.71. The van der Waals surface area contributed by atoms with E-state index in [9.17, 15) is 9.50 Å². The number of aliphatic hydroxyl groups is 1. The molecule has 2 rings (SSSR count). The zero-order valence-electron chi connectivity index (χ0n) is 12.1. The van der Waals surface area contributed by atoms with Crippen molar-refractivity contribution in [2.45, 2.75) is 19.1 Å². The number of benzene rings is 1. The van der Waals surface area contributed by atoms with Crippen LogP contribution in [0, 0.1) is 5.82 Å². The number of hydrogen-bond acceptors (Lipinski definition) is 4. The van der Waals surface area contributed by atoms with Crippen molar-refractivity contribution in [2.75, 3.05) is 13.7 Å². The van der Waals surface area contributed by atoms with E-state index in [4.69, 9.17) is 4.74 Å². The van der Waals surface area contributed by atoms with Crippen molar-refractivity contribution in [2.24, 2.45) is 0 Å². The Morgan fingerprint density at radius 1 is 1.24 bits per heavy atom. The summed E-state index contributed by atoms with van der Waals surface area (Å²) in [5.74, 6) is -0.166. The molecule has 0 fully saturated rings. The van der Waals surface area contributed by atoms with E-state index in [0.717, 1.165) is 11.1 Å². The lowest BCUT2D eigenvalue weighted by atomic mass is 10.1. The maximum atomic E-state index is 13.4. The number of aromatic nitrogens is 1. The first-order chi connectivity index (χ1) is 10.1. The Bertz CT molecular complexity index is 578. The second kappa shape index (κ2) is 7.15. The lowest BCUT2D eigenvalue weighted by Crippen LogP contribution is -2.24. The highest BCUT2D eigenvalue weighted by Crippen LogP contribution is 2.23. The summed E-state index contributed by atoms with van der Waals surface area (Å²) in [6, 6.07) is 8.26. The lowest BCUT2D eigenvalue weighted by molar-refractivity contribution is 0.170. The number of ether oxygens (including phenoxy) is 1. The first-order valence-electron chi connectivity index (χ1n) is 6.76. The smallest absolute Gasteiger partial charge is 0.165 e. The van der Waals surface area contributed by atoms with Gasteiger partial charge in [-0.05, 0) is 42.3 Å². The van der Waals surface area contributed by atoms with Gasteiger partial charge in [-0.3, -0.25) is 4.98 Å². The molecule has 1 aromatic heterocycles. The molecule has 1 aromatic carbocycles. The van der Waals surface area contributed by atoms with Crippen molar-refractivity contribution < 1.29 is 14.2 Å². The zero-order valence-corrected chi connectivity index (χ0v) is 12.1. The van der Waals surface area contributed by atoms with Crippen LogP contribution in [0.15, 0.2) is 42.7 Å². The molecule has 112 valence electrons. The van der Waals surface area contributed by atoms with E-state index in [2.05, 4.69) is 10.3 Å². The SMILES string of the molecule is COc1cc(C(C)NCC(O)c2ccncc2)ccc1F. The fourth-order valence-electron chi connectivity index (χ4n) is 2.06. The summed E-state index contributed by atoms with van der Waals surface area (Å²) in [7, 11) is 1.44. The number of halogens is 1. The average molecular weight is 290 g/mol. The molecule has 5 heteroatoms. The second-order valence-electron chi connectivity index (χ2n) is 4.82. The van der Waals surface area contributed by atoms with Crippen molar-refractivity contribution in [3.63, 3.8) is 0 Å². The molecule has 21 heavy (non-hydrogen) atoms. The normalized spacial score (nSPS) is 13.7. The predicted molar refractivity (Wildman–Crippen MR) is 78.6 cm³/mol. The molecule has 2 aromatic rings. The van der Waals surface area contributed by atoms with Crippen molar-refractivity contribution in [1.29, 1.82) is 0 Å². The number of nitrogens with zero attached hydrogens (tertiary/aromatic N) is 1. The van der Waals surface area contributed by atoms with Gasteiger partial charge in [0.15, 0.2) is 11.6 Å². The van der Waals surface area contributed by atoms with Gasteiger partial charge in [-0.2, -0.15) is 0 Å². The maximum Gasteiger partial charge on any atom is 0.165 e. The minimum Gasteiger partial charge on any atom is -0.494 e. The Balaban J connectivity index is 1.97.